The van der Waals surface area contributed by atoms with Crippen LogP contribution in [-0.4, -0.2) is 27.1 Å². The van der Waals surface area contributed by atoms with Gasteiger partial charge in [-0.05, 0) is 11.8 Å². The molecule has 0 unspecified atom stereocenters. The lowest BCUT2D eigenvalue weighted by Gasteiger charge is -2.05. The first kappa shape index (κ1) is 11.8. The standard InChI is InChI=1S/C10H13NO3S/c1-2-15-6-5-11-7-8(10(13)14)3-4-9(11)12/h3-4,7H,2,5-6H2,1H3,(H,13,14). The van der Waals surface area contributed by atoms with Crippen molar-refractivity contribution in [1.82, 2.24) is 4.57 Å². The maximum Gasteiger partial charge on any atom is 0.337 e. The van der Waals surface area contributed by atoms with Crippen molar-refractivity contribution in [3.8, 4) is 0 Å². The molecule has 82 valence electrons. The molecule has 0 fully saturated rings. The Bertz CT molecular complexity index is 400. The van der Waals surface area contributed by atoms with Crippen LogP contribution in [0.25, 0.3) is 0 Å². The van der Waals surface area contributed by atoms with E-state index in [0.29, 0.717) is 6.54 Å². The highest BCUT2D eigenvalue weighted by Crippen LogP contribution is 2.00. The van der Waals surface area contributed by atoms with Gasteiger partial charge < -0.3 is 9.67 Å². The summed E-state index contributed by atoms with van der Waals surface area (Å²) in [7, 11) is 0. The van der Waals surface area contributed by atoms with Gasteiger partial charge in [-0.2, -0.15) is 11.8 Å². The quantitative estimate of drug-likeness (QED) is 0.770. The topological polar surface area (TPSA) is 59.3 Å². The third-order valence-electron chi connectivity index (χ3n) is 1.91. The van der Waals surface area contributed by atoms with Crippen LogP contribution in [0.3, 0.4) is 0 Å². The molecule has 0 aromatic carbocycles. The molecular weight excluding hydrogens is 214 g/mol. The number of pyridine rings is 1. The Kier molecular flexibility index (Phi) is 4.42. The lowest BCUT2D eigenvalue weighted by atomic mass is 10.3. The summed E-state index contributed by atoms with van der Waals surface area (Å²) >= 11 is 1.72. The molecule has 1 rings (SSSR count). The zero-order valence-electron chi connectivity index (χ0n) is 8.47. The average Bonchev–Trinajstić information content (AvgIpc) is 2.20. The fourth-order valence-corrected chi connectivity index (χ4v) is 1.75. The Morgan fingerprint density at radius 2 is 2.27 bits per heavy atom. The second-order valence-corrected chi connectivity index (χ2v) is 4.35. The van der Waals surface area contributed by atoms with Crippen molar-refractivity contribution in [3.05, 3.63) is 34.2 Å². The van der Waals surface area contributed by atoms with Crippen molar-refractivity contribution in [2.24, 2.45) is 0 Å². The van der Waals surface area contributed by atoms with Crippen LogP contribution in [-0.2, 0) is 6.54 Å². The van der Waals surface area contributed by atoms with E-state index in [-0.39, 0.29) is 11.1 Å². The van der Waals surface area contributed by atoms with E-state index in [1.165, 1.54) is 22.9 Å². The first-order chi connectivity index (χ1) is 7.15. The van der Waals surface area contributed by atoms with Crippen molar-refractivity contribution < 1.29 is 9.90 Å². The summed E-state index contributed by atoms with van der Waals surface area (Å²) in [6.07, 6.45) is 1.39. The maximum absolute atomic E-state index is 11.3. The minimum atomic E-state index is -1.01. The number of carbonyl (C=O) groups is 1. The van der Waals surface area contributed by atoms with Crippen LogP contribution in [0.5, 0.6) is 0 Å². The number of carboxylic acids is 1. The van der Waals surface area contributed by atoms with Gasteiger partial charge in [-0.15, -0.1) is 0 Å². The second kappa shape index (κ2) is 5.60. The molecule has 1 heterocycles. The fraction of sp³-hybridized carbons (Fsp3) is 0.400. The maximum atomic E-state index is 11.3. The molecule has 0 spiro atoms. The lowest BCUT2D eigenvalue weighted by Crippen LogP contribution is -2.21. The minimum Gasteiger partial charge on any atom is -0.478 e. The van der Waals surface area contributed by atoms with Gasteiger partial charge in [0.2, 0.25) is 0 Å². The molecule has 0 saturated carbocycles. The van der Waals surface area contributed by atoms with E-state index in [0.717, 1.165) is 11.5 Å². The van der Waals surface area contributed by atoms with Gasteiger partial charge >= 0.3 is 5.97 Å². The van der Waals surface area contributed by atoms with Gasteiger partial charge in [-0.25, -0.2) is 4.79 Å². The SMILES string of the molecule is CCSCCn1cc(C(=O)O)ccc1=O. The van der Waals surface area contributed by atoms with Crippen molar-refractivity contribution >= 4 is 17.7 Å². The summed E-state index contributed by atoms with van der Waals surface area (Å²) in [5.74, 6) is 0.805. The molecule has 0 atom stereocenters. The third-order valence-corrected chi connectivity index (χ3v) is 2.79. The highest BCUT2D eigenvalue weighted by atomic mass is 32.2. The van der Waals surface area contributed by atoms with Crippen LogP contribution in [0.2, 0.25) is 0 Å². The molecule has 1 N–H and O–H groups in total. The van der Waals surface area contributed by atoms with E-state index in [4.69, 9.17) is 5.11 Å². The number of hydrogen-bond acceptors (Lipinski definition) is 3. The van der Waals surface area contributed by atoms with Crippen molar-refractivity contribution in [2.45, 2.75) is 13.5 Å². The predicted octanol–water partition coefficient (Wildman–Crippen LogP) is 1.30. The van der Waals surface area contributed by atoms with Gasteiger partial charge in [0.1, 0.15) is 0 Å². The number of aromatic nitrogens is 1. The molecule has 0 amide bonds. The number of aromatic carboxylic acids is 1. The van der Waals surface area contributed by atoms with E-state index in [2.05, 4.69) is 0 Å². The summed E-state index contributed by atoms with van der Waals surface area (Å²) in [6.45, 7) is 2.60. The van der Waals surface area contributed by atoms with Crippen molar-refractivity contribution in [3.63, 3.8) is 0 Å². The third kappa shape index (κ3) is 3.43. The zero-order chi connectivity index (χ0) is 11.3. The van der Waals surface area contributed by atoms with Crippen LogP contribution >= 0.6 is 11.8 Å². The summed E-state index contributed by atoms with van der Waals surface area (Å²) in [5, 5.41) is 8.75. The summed E-state index contributed by atoms with van der Waals surface area (Å²) in [4.78, 5) is 22.0. The normalized spacial score (nSPS) is 10.2. The van der Waals surface area contributed by atoms with Gasteiger partial charge in [0.25, 0.3) is 5.56 Å². The molecule has 0 radical (unpaired) electrons. The van der Waals surface area contributed by atoms with Crippen LogP contribution in [0.1, 0.15) is 17.3 Å². The molecule has 15 heavy (non-hydrogen) atoms. The first-order valence-electron chi connectivity index (χ1n) is 4.66. The zero-order valence-corrected chi connectivity index (χ0v) is 9.29. The molecule has 5 heteroatoms. The van der Waals surface area contributed by atoms with Crippen LogP contribution in [0.15, 0.2) is 23.1 Å². The Morgan fingerprint density at radius 1 is 1.53 bits per heavy atom. The predicted molar refractivity (Wildman–Crippen MR) is 60.7 cm³/mol. The van der Waals surface area contributed by atoms with E-state index in [9.17, 15) is 9.59 Å². The number of aryl methyl sites for hydroxylation is 1. The van der Waals surface area contributed by atoms with Crippen LogP contribution in [0, 0.1) is 0 Å². The van der Waals surface area contributed by atoms with Crippen LogP contribution in [0.4, 0.5) is 0 Å². The number of thioether (sulfide) groups is 1. The summed E-state index contributed by atoms with van der Waals surface area (Å²) < 4.78 is 1.44. The Labute approximate surface area is 91.9 Å². The van der Waals surface area contributed by atoms with Gasteiger partial charge in [0.05, 0.1) is 5.56 Å². The Hall–Kier alpha value is -1.23. The van der Waals surface area contributed by atoms with Gasteiger partial charge in [0.15, 0.2) is 0 Å². The number of rotatable bonds is 5. The minimum absolute atomic E-state index is 0.149. The smallest absolute Gasteiger partial charge is 0.337 e. The summed E-state index contributed by atoms with van der Waals surface area (Å²) in [5.41, 5.74) is -0.00667. The van der Waals surface area contributed by atoms with Gasteiger partial charge in [0, 0.05) is 24.6 Å². The number of hydrogen-bond donors (Lipinski definition) is 1. The molecule has 4 nitrogen and oxygen atoms in total. The fourth-order valence-electron chi connectivity index (χ4n) is 1.14. The van der Waals surface area contributed by atoms with Gasteiger partial charge in [-0.1, -0.05) is 6.92 Å². The van der Waals surface area contributed by atoms with Crippen molar-refractivity contribution in [2.75, 3.05) is 11.5 Å². The van der Waals surface area contributed by atoms with E-state index >= 15 is 0 Å². The Morgan fingerprint density at radius 3 is 2.87 bits per heavy atom. The van der Waals surface area contributed by atoms with Crippen LogP contribution < -0.4 is 5.56 Å². The molecule has 0 aliphatic rings. The number of carboxylic acid groups (broad SMARTS) is 1. The molecule has 0 saturated heterocycles. The van der Waals surface area contributed by atoms with E-state index in [1.807, 2.05) is 6.92 Å². The molecule has 1 aromatic rings. The number of nitrogens with zero attached hydrogens (tertiary/aromatic N) is 1. The molecule has 1 aromatic heterocycles. The van der Waals surface area contributed by atoms with E-state index in [1.54, 1.807) is 11.8 Å². The Balaban J connectivity index is 2.81. The second-order valence-electron chi connectivity index (χ2n) is 2.95. The lowest BCUT2D eigenvalue weighted by molar-refractivity contribution is 0.0696. The molecule has 0 aliphatic carbocycles. The largest absolute Gasteiger partial charge is 0.478 e. The van der Waals surface area contributed by atoms with E-state index < -0.39 is 5.97 Å². The first-order valence-corrected chi connectivity index (χ1v) is 5.82. The highest BCUT2D eigenvalue weighted by molar-refractivity contribution is 7.99. The summed E-state index contributed by atoms with van der Waals surface area (Å²) in [6, 6.07) is 2.62. The monoisotopic (exact) mass is 227 g/mol. The molecule has 0 bridgehead atoms. The average molecular weight is 227 g/mol. The highest BCUT2D eigenvalue weighted by Gasteiger charge is 2.04. The van der Waals surface area contributed by atoms with Crippen molar-refractivity contribution in [1.29, 1.82) is 0 Å². The van der Waals surface area contributed by atoms with Gasteiger partial charge in [-0.3, -0.25) is 4.79 Å². The molecule has 0 aliphatic heterocycles. The molecular formula is C10H13NO3S.